The van der Waals surface area contributed by atoms with Crippen molar-refractivity contribution in [1.29, 1.82) is 0 Å². The number of phenolic OH excluding ortho intramolecular Hbond substituents is 1. The van der Waals surface area contributed by atoms with Crippen molar-refractivity contribution >= 4 is 16.7 Å². The first-order valence-corrected chi connectivity index (χ1v) is 4.13. The monoisotopic (exact) mass is 188 g/mol. The third-order valence-corrected chi connectivity index (χ3v) is 2.03. The second-order valence-electron chi connectivity index (χ2n) is 2.98. The largest absolute Gasteiger partial charge is 0.505 e. The van der Waals surface area contributed by atoms with Gasteiger partial charge in [-0.3, -0.25) is 4.79 Å². The minimum absolute atomic E-state index is 0.0719. The molecule has 1 aromatic carbocycles. The molecule has 0 spiro atoms. The van der Waals surface area contributed by atoms with Gasteiger partial charge >= 0.3 is 0 Å². The lowest BCUT2D eigenvalue weighted by Crippen LogP contribution is -1.94. The number of aromatic nitrogens is 2. The van der Waals surface area contributed by atoms with E-state index >= 15 is 0 Å². The summed E-state index contributed by atoms with van der Waals surface area (Å²) in [6.07, 6.45) is 2.93. The van der Waals surface area contributed by atoms with E-state index in [1.165, 1.54) is 13.3 Å². The van der Waals surface area contributed by atoms with Gasteiger partial charge in [0.05, 0.1) is 5.56 Å². The second kappa shape index (κ2) is 3.06. The van der Waals surface area contributed by atoms with E-state index in [1.807, 2.05) is 0 Å². The molecule has 1 N–H and O–H groups in total. The molecule has 0 aliphatic carbocycles. The first kappa shape index (κ1) is 8.62. The summed E-state index contributed by atoms with van der Waals surface area (Å²) >= 11 is 0. The normalized spacial score (nSPS) is 10.4. The van der Waals surface area contributed by atoms with E-state index in [1.54, 1.807) is 18.3 Å². The molecule has 1 aromatic heterocycles. The van der Waals surface area contributed by atoms with Crippen LogP contribution in [0.5, 0.6) is 5.75 Å². The highest BCUT2D eigenvalue weighted by Gasteiger charge is 2.10. The van der Waals surface area contributed by atoms with Gasteiger partial charge in [0, 0.05) is 11.6 Å². The van der Waals surface area contributed by atoms with E-state index in [4.69, 9.17) is 0 Å². The number of fused-ring (bicyclic) bond motifs is 1. The number of hydrogen-bond acceptors (Lipinski definition) is 4. The highest BCUT2D eigenvalue weighted by Crippen LogP contribution is 2.26. The number of rotatable bonds is 1. The number of benzene rings is 1. The lowest BCUT2D eigenvalue weighted by molar-refractivity contribution is 0.101. The number of hydrogen-bond donors (Lipinski definition) is 1. The number of aromatic hydroxyl groups is 1. The lowest BCUT2D eigenvalue weighted by atomic mass is 10.1. The fourth-order valence-electron chi connectivity index (χ4n) is 1.32. The number of ketones is 1. The summed E-state index contributed by atoms with van der Waals surface area (Å²) in [5.74, 6) is -0.250. The van der Waals surface area contributed by atoms with Crippen molar-refractivity contribution in [3.63, 3.8) is 0 Å². The lowest BCUT2D eigenvalue weighted by Gasteiger charge is -2.02. The predicted molar refractivity (Wildman–Crippen MR) is 51.2 cm³/mol. The van der Waals surface area contributed by atoms with Crippen molar-refractivity contribution in [2.45, 2.75) is 6.92 Å². The zero-order valence-corrected chi connectivity index (χ0v) is 7.56. The zero-order valence-electron chi connectivity index (χ0n) is 7.56. The van der Waals surface area contributed by atoms with Crippen LogP contribution in [0.2, 0.25) is 0 Å². The predicted octanol–water partition coefficient (Wildman–Crippen LogP) is 1.54. The molecule has 14 heavy (non-hydrogen) atoms. The average Bonchev–Trinajstić information content (AvgIpc) is 2.18. The van der Waals surface area contributed by atoms with Crippen molar-refractivity contribution in [3.05, 3.63) is 30.2 Å². The van der Waals surface area contributed by atoms with Gasteiger partial charge in [-0.05, 0) is 13.0 Å². The van der Waals surface area contributed by atoms with Crippen molar-refractivity contribution < 1.29 is 9.90 Å². The van der Waals surface area contributed by atoms with Gasteiger partial charge in [-0.1, -0.05) is 6.07 Å². The van der Waals surface area contributed by atoms with Crippen molar-refractivity contribution in [1.82, 2.24) is 9.97 Å². The smallest absolute Gasteiger partial charge is 0.163 e. The molecular formula is C10H8N2O2. The maximum Gasteiger partial charge on any atom is 0.163 e. The van der Waals surface area contributed by atoms with E-state index in [9.17, 15) is 9.90 Å². The second-order valence-corrected chi connectivity index (χ2v) is 2.98. The highest BCUT2D eigenvalue weighted by molar-refractivity contribution is 6.02. The molecule has 4 heteroatoms. The minimum atomic E-state index is -0.178. The SMILES string of the molecule is CC(=O)c1ccc2cncnc2c1O. The van der Waals surface area contributed by atoms with Crippen LogP contribution in [0.15, 0.2) is 24.7 Å². The summed E-state index contributed by atoms with van der Waals surface area (Å²) in [5.41, 5.74) is 0.698. The molecule has 70 valence electrons. The number of carbonyl (C=O) groups excluding carboxylic acids is 1. The van der Waals surface area contributed by atoms with Crippen LogP contribution in [0.3, 0.4) is 0 Å². The highest BCUT2D eigenvalue weighted by atomic mass is 16.3. The summed E-state index contributed by atoms with van der Waals surface area (Å²) in [4.78, 5) is 18.8. The fourth-order valence-corrected chi connectivity index (χ4v) is 1.32. The fraction of sp³-hybridized carbons (Fsp3) is 0.100. The van der Waals surface area contributed by atoms with Gasteiger partial charge in [0.1, 0.15) is 11.8 Å². The Labute approximate surface area is 80.2 Å². The summed E-state index contributed by atoms with van der Waals surface area (Å²) in [5, 5.41) is 10.4. The number of nitrogens with zero attached hydrogens (tertiary/aromatic N) is 2. The molecule has 2 rings (SSSR count). The average molecular weight is 188 g/mol. The third-order valence-electron chi connectivity index (χ3n) is 2.03. The van der Waals surface area contributed by atoms with E-state index in [2.05, 4.69) is 9.97 Å². The van der Waals surface area contributed by atoms with Crippen LogP contribution in [-0.2, 0) is 0 Å². The van der Waals surface area contributed by atoms with Crippen LogP contribution >= 0.6 is 0 Å². The van der Waals surface area contributed by atoms with Gasteiger partial charge in [0.25, 0.3) is 0 Å². The third kappa shape index (κ3) is 1.21. The van der Waals surface area contributed by atoms with Crippen LogP contribution in [-0.4, -0.2) is 20.9 Å². The first-order valence-electron chi connectivity index (χ1n) is 4.13. The van der Waals surface area contributed by atoms with Gasteiger partial charge in [-0.15, -0.1) is 0 Å². The maximum atomic E-state index is 11.1. The summed E-state index contributed by atoms with van der Waals surface area (Å²) < 4.78 is 0. The van der Waals surface area contributed by atoms with Crippen LogP contribution in [0.4, 0.5) is 0 Å². The van der Waals surface area contributed by atoms with E-state index in [0.717, 1.165) is 5.39 Å². The molecule has 0 radical (unpaired) electrons. The molecule has 0 bridgehead atoms. The number of carbonyl (C=O) groups is 1. The van der Waals surface area contributed by atoms with Gasteiger partial charge < -0.3 is 5.11 Å². The minimum Gasteiger partial charge on any atom is -0.505 e. The van der Waals surface area contributed by atoms with Crippen LogP contribution < -0.4 is 0 Å². The van der Waals surface area contributed by atoms with Crippen LogP contribution in [0.25, 0.3) is 10.9 Å². The Morgan fingerprint density at radius 2 is 2.21 bits per heavy atom. The van der Waals surface area contributed by atoms with Crippen molar-refractivity contribution in [3.8, 4) is 5.75 Å². The molecule has 0 amide bonds. The summed E-state index contributed by atoms with van der Waals surface area (Å²) in [6, 6.07) is 3.29. The van der Waals surface area contributed by atoms with Gasteiger partial charge in [-0.25, -0.2) is 9.97 Å². The molecule has 0 saturated heterocycles. The Bertz CT molecular complexity index is 508. The Kier molecular flexibility index (Phi) is 1.89. The molecule has 0 fully saturated rings. The molecule has 2 aromatic rings. The van der Waals surface area contributed by atoms with Crippen molar-refractivity contribution in [2.75, 3.05) is 0 Å². The Hall–Kier alpha value is -1.97. The first-order chi connectivity index (χ1) is 6.70. The molecule has 0 saturated carbocycles. The van der Waals surface area contributed by atoms with Crippen LogP contribution in [0, 0.1) is 0 Å². The number of Topliss-reactive ketones (excluding diaryl/α,β-unsaturated/α-hetero) is 1. The molecular weight excluding hydrogens is 180 g/mol. The Morgan fingerprint density at radius 3 is 2.93 bits per heavy atom. The van der Waals surface area contributed by atoms with Crippen LogP contribution in [0.1, 0.15) is 17.3 Å². The topological polar surface area (TPSA) is 63.1 Å². The molecule has 0 unspecified atom stereocenters. The zero-order chi connectivity index (χ0) is 10.1. The molecule has 0 aliphatic heterocycles. The van der Waals surface area contributed by atoms with E-state index < -0.39 is 0 Å². The number of phenols is 1. The van der Waals surface area contributed by atoms with Gasteiger partial charge in [-0.2, -0.15) is 0 Å². The van der Waals surface area contributed by atoms with Gasteiger partial charge in [0.2, 0.25) is 0 Å². The molecule has 0 atom stereocenters. The molecule has 1 heterocycles. The van der Waals surface area contributed by atoms with E-state index in [-0.39, 0.29) is 17.1 Å². The Balaban J connectivity index is 2.81. The summed E-state index contributed by atoms with van der Waals surface area (Å²) in [7, 11) is 0. The molecule has 4 nitrogen and oxygen atoms in total. The van der Waals surface area contributed by atoms with Gasteiger partial charge in [0.15, 0.2) is 11.5 Å². The quantitative estimate of drug-likeness (QED) is 0.689. The summed E-state index contributed by atoms with van der Waals surface area (Å²) in [6.45, 7) is 1.40. The van der Waals surface area contributed by atoms with E-state index in [0.29, 0.717) is 5.52 Å². The van der Waals surface area contributed by atoms with Crippen molar-refractivity contribution in [2.24, 2.45) is 0 Å². The standard InChI is InChI=1S/C10H8N2O2/c1-6(13)8-3-2-7-4-11-5-12-9(7)10(8)14/h2-5,14H,1H3. The Morgan fingerprint density at radius 1 is 1.43 bits per heavy atom. The maximum absolute atomic E-state index is 11.1. The molecule has 0 aliphatic rings.